The number of rotatable bonds is 8. The number of nitrogens with zero attached hydrogens (tertiary/aromatic N) is 2. The Kier molecular flexibility index (Phi) is 7.75. The number of carbonyl (C=O) groups is 2. The zero-order valence-electron chi connectivity index (χ0n) is 14.9. The molecule has 2 amide bonds. The van der Waals surface area contributed by atoms with Gasteiger partial charge in [0.05, 0.1) is 0 Å². The maximum Gasteiger partial charge on any atom is 0.240 e. The average molecular weight is 319 g/mol. The lowest BCUT2D eigenvalue weighted by atomic mass is 10.0. The van der Waals surface area contributed by atoms with E-state index in [4.69, 9.17) is 0 Å². The van der Waals surface area contributed by atoms with Crippen molar-refractivity contribution in [2.24, 2.45) is 0 Å². The van der Waals surface area contributed by atoms with E-state index in [-0.39, 0.29) is 24.3 Å². The Bertz CT molecular complexity index is 527. The standard InChI is InChI=1S/C18H29N3O2/c1-14(2)16-9-6-7-10-17(16)21(15(3)22)13-18(23)19-11-8-12-20(4)5/h6-7,9-10,14H,8,11-13H2,1-5H3,(H,19,23). The van der Waals surface area contributed by atoms with Crippen molar-refractivity contribution in [2.75, 3.05) is 38.6 Å². The summed E-state index contributed by atoms with van der Waals surface area (Å²) in [6.45, 7) is 7.26. The van der Waals surface area contributed by atoms with E-state index >= 15 is 0 Å². The van der Waals surface area contributed by atoms with Crippen LogP contribution in [-0.4, -0.2) is 50.4 Å². The number of hydrogen-bond donors (Lipinski definition) is 1. The zero-order chi connectivity index (χ0) is 17.4. The lowest BCUT2D eigenvalue weighted by molar-refractivity contribution is -0.123. The molecule has 0 aliphatic carbocycles. The van der Waals surface area contributed by atoms with Crippen molar-refractivity contribution in [1.29, 1.82) is 0 Å². The first kappa shape index (κ1) is 19.2. The van der Waals surface area contributed by atoms with Crippen LogP contribution in [0.4, 0.5) is 5.69 Å². The Morgan fingerprint density at radius 3 is 2.39 bits per heavy atom. The highest BCUT2D eigenvalue weighted by atomic mass is 16.2. The highest BCUT2D eigenvalue weighted by molar-refractivity contribution is 5.98. The van der Waals surface area contributed by atoms with E-state index in [0.717, 1.165) is 24.2 Å². The minimum absolute atomic E-state index is 0.0566. The van der Waals surface area contributed by atoms with E-state index in [2.05, 4.69) is 24.1 Å². The summed E-state index contributed by atoms with van der Waals surface area (Å²) in [5.41, 5.74) is 1.89. The van der Waals surface area contributed by atoms with E-state index in [9.17, 15) is 9.59 Å². The third-order valence-electron chi connectivity index (χ3n) is 3.64. The molecule has 0 heterocycles. The SMILES string of the molecule is CC(=O)N(CC(=O)NCCCN(C)C)c1ccccc1C(C)C. The molecule has 0 aromatic heterocycles. The molecule has 0 aliphatic rings. The van der Waals surface area contributed by atoms with Crippen LogP contribution in [0.15, 0.2) is 24.3 Å². The van der Waals surface area contributed by atoms with E-state index in [0.29, 0.717) is 6.54 Å². The molecular formula is C18H29N3O2. The highest BCUT2D eigenvalue weighted by Gasteiger charge is 2.19. The van der Waals surface area contributed by atoms with Crippen LogP contribution in [0.25, 0.3) is 0 Å². The number of benzene rings is 1. The Labute approximate surface area is 139 Å². The van der Waals surface area contributed by atoms with Crippen LogP contribution in [0.3, 0.4) is 0 Å². The third-order valence-corrected chi connectivity index (χ3v) is 3.64. The number of nitrogens with one attached hydrogen (secondary N) is 1. The summed E-state index contributed by atoms with van der Waals surface area (Å²) >= 11 is 0. The normalized spacial score (nSPS) is 10.9. The predicted octanol–water partition coefficient (Wildman–Crippen LogP) is 2.23. The Hall–Kier alpha value is -1.88. The van der Waals surface area contributed by atoms with Crippen molar-refractivity contribution in [3.63, 3.8) is 0 Å². The fraction of sp³-hybridized carbons (Fsp3) is 0.556. The molecule has 0 atom stereocenters. The van der Waals surface area contributed by atoms with Crippen molar-refractivity contribution >= 4 is 17.5 Å². The van der Waals surface area contributed by atoms with Crippen LogP contribution < -0.4 is 10.2 Å². The second-order valence-corrected chi connectivity index (χ2v) is 6.33. The molecule has 0 radical (unpaired) electrons. The molecule has 5 heteroatoms. The molecule has 0 aliphatic heterocycles. The lowest BCUT2D eigenvalue weighted by Gasteiger charge is -2.25. The summed E-state index contributed by atoms with van der Waals surface area (Å²) in [4.78, 5) is 27.8. The Morgan fingerprint density at radius 1 is 1.17 bits per heavy atom. The van der Waals surface area contributed by atoms with Crippen molar-refractivity contribution in [1.82, 2.24) is 10.2 Å². The fourth-order valence-corrected chi connectivity index (χ4v) is 2.41. The van der Waals surface area contributed by atoms with Crippen LogP contribution in [0.5, 0.6) is 0 Å². The van der Waals surface area contributed by atoms with Gasteiger partial charge in [0.2, 0.25) is 11.8 Å². The van der Waals surface area contributed by atoms with Crippen molar-refractivity contribution in [3.8, 4) is 0 Å². The molecule has 1 aromatic rings. The Morgan fingerprint density at radius 2 is 1.83 bits per heavy atom. The summed E-state index contributed by atoms with van der Waals surface area (Å²) in [5, 5.41) is 2.88. The van der Waals surface area contributed by atoms with Crippen LogP contribution in [0.2, 0.25) is 0 Å². The van der Waals surface area contributed by atoms with Gasteiger partial charge in [0.1, 0.15) is 6.54 Å². The van der Waals surface area contributed by atoms with Crippen LogP contribution >= 0.6 is 0 Å². The van der Waals surface area contributed by atoms with Crippen molar-refractivity contribution in [3.05, 3.63) is 29.8 Å². The van der Waals surface area contributed by atoms with E-state index in [1.54, 1.807) is 4.90 Å². The first-order chi connectivity index (χ1) is 10.8. The summed E-state index contributed by atoms with van der Waals surface area (Å²) < 4.78 is 0. The van der Waals surface area contributed by atoms with E-state index in [1.165, 1.54) is 6.92 Å². The molecule has 1 rings (SSSR count). The zero-order valence-corrected chi connectivity index (χ0v) is 14.9. The minimum atomic E-state index is -0.127. The minimum Gasteiger partial charge on any atom is -0.355 e. The maximum atomic E-state index is 12.1. The van der Waals surface area contributed by atoms with Gasteiger partial charge >= 0.3 is 0 Å². The molecule has 5 nitrogen and oxygen atoms in total. The molecule has 0 spiro atoms. The van der Waals surface area contributed by atoms with Crippen LogP contribution in [0.1, 0.15) is 38.7 Å². The molecule has 0 unspecified atom stereocenters. The van der Waals surface area contributed by atoms with Gasteiger partial charge in [-0.25, -0.2) is 0 Å². The van der Waals surface area contributed by atoms with Gasteiger partial charge < -0.3 is 15.1 Å². The third kappa shape index (κ3) is 6.40. The molecule has 0 fully saturated rings. The maximum absolute atomic E-state index is 12.1. The molecule has 0 bridgehead atoms. The number of anilines is 1. The van der Waals surface area contributed by atoms with Gasteiger partial charge in [-0.1, -0.05) is 32.0 Å². The average Bonchev–Trinajstić information content (AvgIpc) is 2.48. The molecular weight excluding hydrogens is 290 g/mol. The lowest BCUT2D eigenvalue weighted by Crippen LogP contribution is -2.41. The molecule has 23 heavy (non-hydrogen) atoms. The number of para-hydroxylation sites is 1. The van der Waals surface area contributed by atoms with Gasteiger partial charge in [-0.15, -0.1) is 0 Å². The summed E-state index contributed by atoms with van der Waals surface area (Å²) in [5.74, 6) is 0.0373. The molecule has 1 aromatic carbocycles. The quantitative estimate of drug-likeness (QED) is 0.748. The van der Waals surface area contributed by atoms with E-state index < -0.39 is 0 Å². The predicted molar refractivity (Wildman–Crippen MR) is 94.7 cm³/mol. The van der Waals surface area contributed by atoms with Gasteiger partial charge in [0, 0.05) is 19.2 Å². The summed E-state index contributed by atoms with van der Waals surface area (Å²) in [6.07, 6.45) is 0.890. The van der Waals surface area contributed by atoms with Gasteiger partial charge in [0.25, 0.3) is 0 Å². The molecule has 0 saturated heterocycles. The fourth-order valence-electron chi connectivity index (χ4n) is 2.41. The molecule has 0 saturated carbocycles. The summed E-state index contributed by atoms with van der Waals surface area (Å²) in [6, 6.07) is 7.76. The summed E-state index contributed by atoms with van der Waals surface area (Å²) in [7, 11) is 4.00. The Balaban J connectivity index is 2.73. The van der Waals surface area contributed by atoms with E-state index in [1.807, 2.05) is 38.4 Å². The highest BCUT2D eigenvalue weighted by Crippen LogP contribution is 2.27. The van der Waals surface area contributed by atoms with Gasteiger partial charge in [0.15, 0.2) is 0 Å². The van der Waals surface area contributed by atoms with Crippen molar-refractivity contribution < 1.29 is 9.59 Å². The molecule has 128 valence electrons. The first-order valence-corrected chi connectivity index (χ1v) is 8.11. The smallest absolute Gasteiger partial charge is 0.240 e. The van der Waals surface area contributed by atoms with Crippen LogP contribution in [0, 0.1) is 0 Å². The second-order valence-electron chi connectivity index (χ2n) is 6.33. The number of hydrogen-bond acceptors (Lipinski definition) is 3. The first-order valence-electron chi connectivity index (χ1n) is 8.11. The molecule has 1 N–H and O–H groups in total. The largest absolute Gasteiger partial charge is 0.355 e. The topological polar surface area (TPSA) is 52.7 Å². The van der Waals surface area contributed by atoms with Gasteiger partial charge in [-0.3, -0.25) is 9.59 Å². The van der Waals surface area contributed by atoms with Gasteiger partial charge in [-0.05, 0) is 44.6 Å². The monoisotopic (exact) mass is 319 g/mol. The van der Waals surface area contributed by atoms with Crippen molar-refractivity contribution in [2.45, 2.75) is 33.1 Å². The van der Waals surface area contributed by atoms with Gasteiger partial charge in [-0.2, -0.15) is 0 Å². The number of amides is 2. The second kappa shape index (κ2) is 9.30. The number of carbonyl (C=O) groups excluding carboxylic acids is 2. The van der Waals surface area contributed by atoms with Crippen LogP contribution in [-0.2, 0) is 9.59 Å².